The zero-order valence-corrected chi connectivity index (χ0v) is 12.4. The molecule has 0 saturated heterocycles. The molecule has 1 aromatic heterocycles. The fourth-order valence-corrected chi connectivity index (χ4v) is 2.97. The third-order valence-electron chi connectivity index (χ3n) is 3.63. The molecule has 0 unspecified atom stereocenters. The molecule has 1 saturated carbocycles. The van der Waals surface area contributed by atoms with Gasteiger partial charge in [-0.2, -0.15) is 5.10 Å². The zero-order valence-electron chi connectivity index (χ0n) is 10.8. The van der Waals surface area contributed by atoms with Gasteiger partial charge in [0.15, 0.2) is 0 Å². The number of nitrogens with zero attached hydrogens (tertiary/aromatic N) is 2. The second-order valence-corrected chi connectivity index (χ2v) is 5.65. The largest absolute Gasteiger partial charge is 0.383 e. The summed E-state index contributed by atoms with van der Waals surface area (Å²) in [5, 5.41) is 7.43. The Hall–Kier alpha value is -0.840. The predicted molar refractivity (Wildman–Crippen MR) is 76.9 cm³/mol. The van der Waals surface area contributed by atoms with Crippen molar-refractivity contribution in [1.29, 1.82) is 0 Å². The first-order chi connectivity index (χ1) is 8.72. The highest BCUT2D eigenvalue weighted by Crippen LogP contribution is 2.27. The van der Waals surface area contributed by atoms with E-state index in [0.717, 1.165) is 18.2 Å². The van der Waals surface area contributed by atoms with Crippen LogP contribution in [0.5, 0.6) is 0 Å². The molecule has 0 amide bonds. The fourth-order valence-electron chi connectivity index (χ4n) is 2.52. The monoisotopic (exact) mass is 313 g/mol. The highest BCUT2D eigenvalue weighted by molar-refractivity contribution is 9.10. The van der Waals surface area contributed by atoms with Crippen molar-refractivity contribution in [1.82, 2.24) is 9.78 Å². The van der Waals surface area contributed by atoms with Crippen molar-refractivity contribution in [2.45, 2.75) is 45.6 Å². The van der Waals surface area contributed by atoms with E-state index in [1.165, 1.54) is 36.8 Å². The quantitative estimate of drug-likeness (QED) is 0.909. The summed E-state index contributed by atoms with van der Waals surface area (Å²) in [5.74, 6) is 0.861. The van der Waals surface area contributed by atoms with Crippen LogP contribution in [0, 0.1) is 5.92 Å². The van der Waals surface area contributed by atoms with Gasteiger partial charge in [-0.15, -0.1) is 0 Å². The molecular weight excluding hydrogens is 294 g/mol. The maximum atomic E-state index is 11.9. The molecule has 0 bridgehead atoms. The fraction of sp³-hybridized carbons (Fsp3) is 0.692. The number of rotatable bonds is 5. The van der Waals surface area contributed by atoms with E-state index in [1.807, 2.05) is 6.92 Å². The summed E-state index contributed by atoms with van der Waals surface area (Å²) in [7, 11) is 0. The summed E-state index contributed by atoms with van der Waals surface area (Å²) in [6.07, 6.45) is 8.38. The molecule has 100 valence electrons. The summed E-state index contributed by atoms with van der Waals surface area (Å²) >= 11 is 3.35. The number of hydrogen-bond acceptors (Lipinski definition) is 3. The first kappa shape index (κ1) is 13.6. The lowest BCUT2D eigenvalue weighted by atomic mass is 10.0. The molecule has 18 heavy (non-hydrogen) atoms. The number of aryl methyl sites for hydroxylation is 1. The Morgan fingerprint density at radius 3 is 2.89 bits per heavy atom. The van der Waals surface area contributed by atoms with Gasteiger partial charge in [0.05, 0.1) is 11.9 Å². The average Bonchev–Trinajstić information content (AvgIpc) is 2.88. The minimum atomic E-state index is -0.0663. The predicted octanol–water partition coefficient (Wildman–Crippen LogP) is 3.02. The number of aromatic nitrogens is 2. The topological polar surface area (TPSA) is 46.9 Å². The van der Waals surface area contributed by atoms with Gasteiger partial charge in [-0.25, -0.2) is 4.68 Å². The third kappa shape index (κ3) is 3.13. The minimum Gasteiger partial charge on any atom is -0.383 e. The lowest BCUT2D eigenvalue weighted by molar-refractivity contribution is 0.518. The summed E-state index contributed by atoms with van der Waals surface area (Å²) in [5.41, 5.74) is 0.742. The molecule has 1 aromatic rings. The van der Waals surface area contributed by atoms with Crippen LogP contribution in [0.2, 0.25) is 0 Å². The van der Waals surface area contributed by atoms with Gasteiger partial charge in [0, 0.05) is 13.1 Å². The van der Waals surface area contributed by atoms with Gasteiger partial charge in [-0.05, 0) is 35.2 Å². The Labute approximate surface area is 116 Å². The van der Waals surface area contributed by atoms with Gasteiger partial charge in [-0.3, -0.25) is 4.79 Å². The van der Waals surface area contributed by atoms with E-state index < -0.39 is 0 Å². The van der Waals surface area contributed by atoms with Crippen molar-refractivity contribution >= 4 is 21.6 Å². The van der Waals surface area contributed by atoms with Crippen LogP contribution < -0.4 is 10.9 Å². The van der Waals surface area contributed by atoms with Crippen LogP contribution in [0.3, 0.4) is 0 Å². The van der Waals surface area contributed by atoms with Crippen LogP contribution in [0.25, 0.3) is 0 Å². The molecule has 5 heteroatoms. The van der Waals surface area contributed by atoms with Crippen molar-refractivity contribution in [3.63, 3.8) is 0 Å². The van der Waals surface area contributed by atoms with Gasteiger partial charge in [0.2, 0.25) is 0 Å². The molecule has 1 heterocycles. The van der Waals surface area contributed by atoms with E-state index in [1.54, 1.807) is 6.20 Å². The van der Waals surface area contributed by atoms with Crippen LogP contribution in [0.4, 0.5) is 5.69 Å². The van der Waals surface area contributed by atoms with E-state index in [0.29, 0.717) is 11.0 Å². The number of anilines is 1. The maximum absolute atomic E-state index is 11.9. The van der Waals surface area contributed by atoms with E-state index >= 15 is 0 Å². The lowest BCUT2D eigenvalue weighted by Gasteiger charge is -2.12. The minimum absolute atomic E-state index is 0.0663. The van der Waals surface area contributed by atoms with Gasteiger partial charge in [0.25, 0.3) is 5.56 Å². The second kappa shape index (κ2) is 6.36. The van der Waals surface area contributed by atoms with Crippen molar-refractivity contribution < 1.29 is 0 Å². The Kier molecular flexibility index (Phi) is 4.80. The van der Waals surface area contributed by atoms with E-state index in [4.69, 9.17) is 0 Å². The molecule has 0 radical (unpaired) electrons. The molecular formula is C13H20BrN3O. The molecule has 1 N–H and O–H groups in total. The Balaban J connectivity index is 1.93. The molecule has 0 atom stereocenters. The first-order valence-corrected chi connectivity index (χ1v) is 7.51. The third-order valence-corrected chi connectivity index (χ3v) is 4.39. The van der Waals surface area contributed by atoms with Crippen LogP contribution in [0.1, 0.15) is 39.0 Å². The SMILES string of the molecule is CCn1ncc(NCCC2CCCC2)c(Br)c1=O. The van der Waals surface area contributed by atoms with Gasteiger partial charge >= 0.3 is 0 Å². The normalized spacial score (nSPS) is 16.1. The number of hydrogen-bond donors (Lipinski definition) is 1. The van der Waals surface area contributed by atoms with Crippen LogP contribution >= 0.6 is 15.9 Å². The summed E-state index contributed by atoms with van der Waals surface area (Å²) in [6, 6.07) is 0. The lowest BCUT2D eigenvalue weighted by Crippen LogP contribution is -2.23. The molecule has 0 spiro atoms. The number of nitrogens with one attached hydrogen (secondary N) is 1. The molecule has 1 aliphatic rings. The van der Waals surface area contributed by atoms with Crippen molar-refractivity contribution in [3.05, 3.63) is 21.0 Å². The molecule has 2 rings (SSSR count). The first-order valence-electron chi connectivity index (χ1n) is 6.72. The summed E-state index contributed by atoms with van der Waals surface area (Å²) < 4.78 is 2.04. The summed E-state index contributed by atoms with van der Waals surface area (Å²) in [4.78, 5) is 11.9. The van der Waals surface area contributed by atoms with Crippen LogP contribution in [0.15, 0.2) is 15.5 Å². The van der Waals surface area contributed by atoms with Crippen LogP contribution in [-0.2, 0) is 6.54 Å². The smallest absolute Gasteiger partial charge is 0.283 e. The highest BCUT2D eigenvalue weighted by atomic mass is 79.9. The molecule has 1 fully saturated rings. The van der Waals surface area contributed by atoms with E-state index in [-0.39, 0.29) is 5.56 Å². The Bertz CT molecular complexity index is 452. The second-order valence-electron chi connectivity index (χ2n) is 4.86. The average molecular weight is 314 g/mol. The van der Waals surface area contributed by atoms with E-state index in [9.17, 15) is 4.79 Å². The Morgan fingerprint density at radius 1 is 1.50 bits per heavy atom. The summed E-state index contributed by atoms with van der Waals surface area (Å²) in [6.45, 7) is 3.42. The maximum Gasteiger partial charge on any atom is 0.283 e. The highest BCUT2D eigenvalue weighted by Gasteiger charge is 2.14. The standard InChI is InChI=1S/C13H20BrN3O/c1-2-17-13(18)12(14)11(9-16-17)15-8-7-10-5-3-4-6-10/h9-10,15H,2-8H2,1H3. The number of halogens is 1. The Morgan fingerprint density at radius 2 is 2.22 bits per heavy atom. The van der Waals surface area contributed by atoms with E-state index in [2.05, 4.69) is 26.3 Å². The molecule has 0 aromatic carbocycles. The van der Waals surface area contributed by atoms with Crippen molar-refractivity contribution in [2.24, 2.45) is 5.92 Å². The molecule has 1 aliphatic carbocycles. The van der Waals surface area contributed by atoms with Crippen LogP contribution in [-0.4, -0.2) is 16.3 Å². The molecule has 0 aliphatic heterocycles. The van der Waals surface area contributed by atoms with Gasteiger partial charge in [-0.1, -0.05) is 25.7 Å². The molecule has 4 nitrogen and oxygen atoms in total. The van der Waals surface area contributed by atoms with Crippen molar-refractivity contribution in [2.75, 3.05) is 11.9 Å². The zero-order chi connectivity index (χ0) is 13.0. The van der Waals surface area contributed by atoms with Gasteiger partial charge < -0.3 is 5.32 Å². The van der Waals surface area contributed by atoms with Crippen molar-refractivity contribution in [3.8, 4) is 0 Å². The van der Waals surface area contributed by atoms with Gasteiger partial charge in [0.1, 0.15) is 4.47 Å².